The van der Waals surface area contributed by atoms with Gasteiger partial charge in [0.15, 0.2) is 0 Å². The van der Waals surface area contributed by atoms with Crippen molar-refractivity contribution in [3.05, 3.63) is 29.3 Å². The molecule has 94 valence electrons. The Labute approximate surface area is 104 Å². The summed E-state index contributed by atoms with van der Waals surface area (Å²) < 4.78 is 6.00. The van der Waals surface area contributed by atoms with E-state index >= 15 is 0 Å². The summed E-state index contributed by atoms with van der Waals surface area (Å²) in [5, 5.41) is 3.61. The average molecular weight is 233 g/mol. The van der Waals surface area contributed by atoms with Crippen LogP contribution in [0.2, 0.25) is 0 Å². The Bertz CT molecular complexity index is 375. The number of fused-ring (bicyclic) bond motifs is 1. The molecule has 2 rings (SSSR count). The van der Waals surface area contributed by atoms with E-state index in [1.807, 2.05) is 0 Å². The number of ether oxygens (including phenoxy) is 1. The Kier molecular flexibility index (Phi) is 4.06. The van der Waals surface area contributed by atoms with Crippen LogP contribution in [0.3, 0.4) is 0 Å². The van der Waals surface area contributed by atoms with E-state index in [0.717, 1.165) is 31.6 Å². The van der Waals surface area contributed by atoms with Crippen molar-refractivity contribution in [1.82, 2.24) is 5.32 Å². The van der Waals surface area contributed by atoms with Gasteiger partial charge in [0.1, 0.15) is 11.9 Å². The maximum atomic E-state index is 6.00. The lowest BCUT2D eigenvalue weighted by Crippen LogP contribution is -2.31. The minimum Gasteiger partial charge on any atom is -0.488 e. The van der Waals surface area contributed by atoms with Crippen LogP contribution in [-0.4, -0.2) is 12.6 Å². The van der Waals surface area contributed by atoms with Crippen LogP contribution in [0, 0.1) is 0 Å². The molecule has 0 amide bonds. The van der Waals surface area contributed by atoms with E-state index < -0.39 is 0 Å². The van der Waals surface area contributed by atoms with Crippen LogP contribution < -0.4 is 10.1 Å². The predicted molar refractivity (Wildman–Crippen MR) is 71.6 cm³/mol. The van der Waals surface area contributed by atoms with Gasteiger partial charge in [0.25, 0.3) is 0 Å². The summed E-state index contributed by atoms with van der Waals surface area (Å²) >= 11 is 0. The number of rotatable bonds is 5. The van der Waals surface area contributed by atoms with E-state index in [-0.39, 0.29) is 0 Å². The molecule has 1 N–H and O–H groups in total. The highest BCUT2D eigenvalue weighted by atomic mass is 16.5. The summed E-state index contributed by atoms with van der Waals surface area (Å²) in [5.41, 5.74) is 2.75. The maximum Gasteiger partial charge on any atom is 0.124 e. The molecule has 1 aromatic rings. The normalized spacial score (nSPS) is 22.3. The molecule has 0 bridgehead atoms. The quantitative estimate of drug-likeness (QED) is 0.841. The van der Waals surface area contributed by atoms with Gasteiger partial charge in [0, 0.05) is 5.56 Å². The van der Waals surface area contributed by atoms with Crippen LogP contribution in [0.15, 0.2) is 18.2 Å². The van der Waals surface area contributed by atoms with Crippen LogP contribution in [0.5, 0.6) is 5.75 Å². The van der Waals surface area contributed by atoms with Crippen molar-refractivity contribution >= 4 is 0 Å². The van der Waals surface area contributed by atoms with Gasteiger partial charge in [-0.25, -0.2) is 0 Å². The average Bonchev–Trinajstić information content (AvgIpc) is 2.73. The van der Waals surface area contributed by atoms with Gasteiger partial charge in [-0.05, 0) is 37.4 Å². The zero-order valence-corrected chi connectivity index (χ0v) is 11.1. The molecule has 1 aliphatic rings. The van der Waals surface area contributed by atoms with Crippen LogP contribution in [0.25, 0.3) is 0 Å². The zero-order chi connectivity index (χ0) is 12.3. The first-order valence-corrected chi connectivity index (χ1v) is 6.83. The second-order valence-electron chi connectivity index (χ2n) is 4.72. The monoisotopic (exact) mass is 233 g/mol. The van der Waals surface area contributed by atoms with E-state index in [9.17, 15) is 0 Å². The summed E-state index contributed by atoms with van der Waals surface area (Å²) in [6.07, 6.45) is 3.60. The second-order valence-corrected chi connectivity index (χ2v) is 4.72. The topological polar surface area (TPSA) is 21.3 Å². The summed E-state index contributed by atoms with van der Waals surface area (Å²) in [5.74, 6) is 1.07. The number of benzene rings is 1. The number of aryl methyl sites for hydroxylation is 1. The largest absolute Gasteiger partial charge is 0.488 e. The first kappa shape index (κ1) is 12.4. The molecule has 2 heteroatoms. The minimum atomic E-state index is 0.295. The Morgan fingerprint density at radius 2 is 2.06 bits per heavy atom. The van der Waals surface area contributed by atoms with Crippen molar-refractivity contribution in [1.29, 1.82) is 0 Å². The van der Waals surface area contributed by atoms with Gasteiger partial charge in [-0.2, -0.15) is 0 Å². The molecule has 0 saturated heterocycles. The SMILES string of the molecule is CCCNC1c2cc(CC)ccc2OC1CC. The van der Waals surface area contributed by atoms with E-state index in [1.54, 1.807) is 0 Å². The fourth-order valence-electron chi connectivity index (χ4n) is 2.46. The molecule has 0 radical (unpaired) electrons. The van der Waals surface area contributed by atoms with Crippen molar-refractivity contribution < 1.29 is 4.74 Å². The first-order chi connectivity index (χ1) is 8.30. The smallest absolute Gasteiger partial charge is 0.124 e. The standard InChI is InChI=1S/C15H23NO/c1-4-9-16-15-12-10-11(5-2)7-8-14(12)17-13(15)6-3/h7-8,10,13,15-16H,4-6,9H2,1-3H3. The van der Waals surface area contributed by atoms with Crippen molar-refractivity contribution in [2.24, 2.45) is 0 Å². The number of nitrogens with one attached hydrogen (secondary N) is 1. The van der Waals surface area contributed by atoms with Crippen molar-refractivity contribution in [2.45, 2.75) is 52.2 Å². The molecule has 17 heavy (non-hydrogen) atoms. The van der Waals surface area contributed by atoms with Gasteiger partial charge >= 0.3 is 0 Å². The Hall–Kier alpha value is -1.02. The van der Waals surface area contributed by atoms with Crippen LogP contribution in [0.4, 0.5) is 0 Å². The highest BCUT2D eigenvalue weighted by Crippen LogP contribution is 2.38. The predicted octanol–water partition coefficient (Wildman–Crippen LogP) is 3.46. The Balaban J connectivity index is 2.24. The lowest BCUT2D eigenvalue weighted by molar-refractivity contribution is 0.185. The van der Waals surface area contributed by atoms with Crippen LogP contribution in [0.1, 0.15) is 50.8 Å². The van der Waals surface area contributed by atoms with E-state index in [2.05, 4.69) is 44.3 Å². The fourth-order valence-corrected chi connectivity index (χ4v) is 2.46. The lowest BCUT2D eigenvalue weighted by Gasteiger charge is -2.18. The number of hydrogen-bond acceptors (Lipinski definition) is 2. The summed E-state index contributed by atoms with van der Waals surface area (Å²) in [7, 11) is 0. The van der Waals surface area contributed by atoms with Gasteiger partial charge < -0.3 is 10.1 Å². The molecule has 0 aliphatic carbocycles. The molecule has 2 unspecified atom stereocenters. The summed E-state index contributed by atoms with van der Waals surface area (Å²) in [4.78, 5) is 0. The van der Waals surface area contributed by atoms with Gasteiger partial charge in [0.05, 0.1) is 6.04 Å². The van der Waals surface area contributed by atoms with E-state index in [4.69, 9.17) is 4.74 Å². The third-order valence-electron chi connectivity index (χ3n) is 3.48. The molecular formula is C15H23NO. The van der Waals surface area contributed by atoms with Gasteiger partial charge in [-0.15, -0.1) is 0 Å². The Morgan fingerprint density at radius 3 is 2.71 bits per heavy atom. The van der Waals surface area contributed by atoms with E-state index in [1.165, 1.54) is 11.1 Å². The van der Waals surface area contributed by atoms with Crippen LogP contribution >= 0.6 is 0 Å². The molecule has 1 heterocycles. The number of hydrogen-bond donors (Lipinski definition) is 1. The molecule has 1 aromatic carbocycles. The third kappa shape index (κ3) is 2.47. The van der Waals surface area contributed by atoms with Gasteiger partial charge in [-0.3, -0.25) is 0 Å². The molecule has 2 nitrogen and oxygen atoms in total. The molecule has 2 atom stereocenters. The lowest BCUT2D eigenvalue weighted by atomic mass is 9.99. The minimum absolute atomic E-state index is 0.295. The molecule has 0 spiro atoms. The highest BCUT2D eigenvalue weighted by Gasteiger charge is 2.32. The maximum absolute atomic E-state index is 6.00. The van der Waals surface area contributed by atoms with Crippen molar-refractivity contribution in [3.63, 3.8) is 0 Å². The van der Waals surface area contributed by atoms with Crippen LogP contribution in [-0.2, 0) is 6.42 Å². The van der Waals surface area contributed by atoms with Crippen molar-refractivity contribution in [2.75, 3.05) is 6.54 Å². The zero-order valence-electron chi connectivity index (χ0n) is 11.1. The summed E-state index contributed by atoms with van der Waals surface area (Å²) in [6.45, 7) is 7.65. The molecule has 0 saturated carbocycles. The second kappa shape index (κ2) is 5.54. The summed E-state index contributed by atoms with van der Waals surface area (Å²) in [6, 6.07) is 6.98. The molecule has 0 fully saturated rings. The molecule has 0 aromatic heterocycles. The Morgan fingerprint density at radius 1 is 1.24 bits per heavy atom. The van der Waals surface area contributed by atoms with Crippen molar-refractivity contribution in [3.8, 4) is 5.75 Å². The first-order valence-electron chi connectivity index (χ1n) is 6.83. The highest BCUT2D eigenvalue weighted by molar-refractivity contribution is 5.43. The van der Waals surface area contributed by atoms with Gasteiger partial charge in [-0.1, -0.05) is 32.9 Å². The molecular weight excluding hydrogens is 210 g/mol. The molecule has 1 aliphatic heterocycles. The van der Waals surface area contributed by atoms with Gasteiger partial charge in [0.2, 0.25) is 0 Å². The van der Waals surface area contributed by atoms with E-state index in [0.29, 0.717) is 12.1 Å². The third-order valence-corrected chi connectivity index (χ3v) is 3.48. The fraction of sp³-hybridized carbons (Fsp3) is 0.600.